The van der Waals surface area contributed by atoms with Crippen molar-refractivity contribution in [2.24, 2.45) is 0 Å². The first kappa shape index (κ1) is 21.4. The molecule has 31 heavy (non-hydrogen) atoms. The molecular formula is C23H33N7O. The molecule has 0 spiro atoms. The molecule has 5 N–H and O–H groups in total. The summed E-state index contributed by atoms with van der Waals surface area (Å²) >= 11 is 0. The standard InChI is InChI=1S/C23H33N7O/c1-16-20(13-24)23(30(21(16)15-31)18-5-3-4-6-18)28-17(2)27-22-8-7-19(14-26-22)29-11-9-25-10-12-29/h7-8,13-14,18,24-25,28,31H,2-6,9-12,15H2,1H3,(H,26,27). The van der Waals surface area contributed by atoms with Gasteiger partial charge in [-0.05, 0) is 37.5 Å². The summed E-state index contributed by atoms with van der Waals surface area (Å²) in [4.78, 5) is 6.88. The van der Waals surface area contributed by atoms with E-state index >= 15 is 0 Å². The number of aromatic nitrogens is 2. The van der Waals surface area contributed by atoms with Gasteiger partial charge in [-0.3, -0.25) is 0 Å². The molecule has 4 rings (SSSR count). The first-order valence-electron chi connectivity index (χ1n) is 11.1. The minimum absolute atomic E-state index is 0.0419. The number of nitrogens with zero attached hydrogens (tertiary/aromatic N) is 3. The Morgan fingerprint density at radius 1 is 1.29 bits per heavy atom. The molecule has 1 aliphatic carbocycles. The highest BCUT2D eigenvalue weighted by atomic mass is 16.3. The fourth-order valence-corrected chi connectivity index (χ4v) is 4.74. The zero-order chi connectivity index (χ0) is 21.8. The van der Waals surface area contributed by atoms with E-state index in [2.05, 4.69) is 43.0 Å². The van der Waals surface area contributed by atoms with Gasteiger partial charge in [-0.25, -0.2) is 4.98 Å². The highest BCUT2D eigenvalue weighted by molar-refractivity contribution is 5.88. The molecule has 1 saturated heterocycles. The largest absolute Gasteiger partial charge is 0.390 e. The lowest BCUT2D eigenvalue weighted by Crippen LogP contribution is -2.43. The van der Waals surface area contributed by atoms with Crippen LogP contribution in [0.5, 0.6) is 0 Å². The third-order valence-corrected chi connectivity index (χ3v) is 6.39. The number of rotatable bonds is 8. The van der Waals surface area contributed by atoms with Crippen LogP contribution in [0.1, 0.15) is 48.5 Å². The Labute approximate surface area is 183 Å². The predicted octanol–water partition coefficient (Wildman–Crippen LogP) is 3.20. The Hall–Kier alpha value is -2.84. The second-order valence-corrected chi connectivity index (χ2v) is 8.31. The Kier molecular flexibility index (Phi) is 6.58. The SMILES string of the molecule is C=C(Nc1ccc(N2CCNCC2)cn1)Nc1c(C=N)c(C)c(CO)n1C1CCCC1. The van der Waals surface area contributed by atoms with Crippen LogP contribution in [0.25, 0.3) is 0 Å². The van der Waals surface area contributed by atoms with Crippen LogP contribution < -0.4 is 20.9 Å². The monoisotopic (exact) mass is 423 g/mol. The maximum absolute atomic E-state index is 10.0. The third kappa shape index (κ3) is 4.45. The number of anilines is 3. The van der Waals surface area contributed by atoms with Crippen molar-refractivity contribution in [3.05, 3.63) is 47.6 Å². The Morgan fingerprint density at radius 3 is 2.65 bits per heavy atom. The molecule has 0 amide bonds. The van der Waals surface area contributed by atoms with Gasteiger partial charge in [-0.2, -0.15) is 0 Å². The number of nitrogens with one attached hydrogen (secondary N) is 4. The van der Waals surface area contributed by atoms with Crippen molar-refractivity contribution in [3.8, 4) is 0 Å². The molecule has 0 aromatic carbocycles. The number of aliphatic hydroxyl groups excluding tert-OH is 1. The molecular weight excluding hydrogens is 390 g/mol. The quantitative estimate of drug-likeness (QED) is 0.418. The van der Waals surface area contributed by atoms with E-state index in [1.165, 1.54) is 19.1 Å². The zero-order valence-corrected chi connectivity index (χ0v) is 18.2. The lowest BCUT2D eigenvalue weighted by molar-refractivity contribution is 0.265. The maximum atomic E-state index is 10.0. The van der Waals surface area contributed by atoms with Crippen molar-refractivity contribution in [2.45, 2.75) is 45.3 Å². The molecule has 3 heterocycles. The molecule has 1 saturated carbocycles. The van der Waals surface area contributed by atoms with E-state index in [4.69, 9.17) is 5.41 Å². The number of hydrogen-bond donors (Lipinski definition) is 5. The zero-order valence-electron chi connectivity index (χ0n) is 18.2. The van der Waals surface area contributed by atoms with E-state index in [1.807, 2.05) is 19.2 Å². The third-order valence-electron chi connectivity index (χ3n) is 6.39. The molecule has 8 nitrogen and oxygen atoms in total. The minimum atomic E-state index is -0.0419. The average molecular weight is 424 g/mol. The van der Waals surface area contributed by atoms with Crippen molar-refractivity contribution >= 4 is 23.5 Å². The fourth-order valence-electron chi connectivity index (χ4n) is 4.74. The van der Waals surface area contributed by atoms with Gasteiger partial charge >= 0.3 is 0 Å². The lowest BCUT2D eigenvalue weighted by Gasteiger charge is -2.29. The summed E-state index contributed by atoms with van der Waals surface area (Å²) in [5.74, 6) is 2.12. The Balaban J connectivity index is 1.51. The van der Waals surface area contributed by atoms with Crippen LogP contribution >= 0.6 is 0 Å². The maximum Gasteiger partial charge on any atom is 0.131 e. The summed E-state index contributed by atoms with van der Waals surface area (Å²) < 4.78 is 2.18. The van der Waals surface area contributed by atoms with Gasteiger partial charge in [0.1, 0.15) is 17.5 Å². The number of pyridine rings is 1. The normalized spacial score (nSPS) is 17.0. The molecule has 0 radical (unpaired) electrons. The van der Waals surface area contributed by atoms with Gasteiger partial charge < -0.3 is 35.9 Å². The van der Waals surface area contributed by atoms with Crippen molar-refractivity contribution in [1.29, 1.82) is 5.41 Å². The van der Waals surface area contributed by atoms with Crippen molar-refractivity contribution in [1.82, 2.24) is 14.9 Å². The number of piperazine rings is 1. The van der Waals surface area contributed by atoms with Gasteiger partial charge in [0, 0.05) is 49.7 Å². The predicted molar refractivity (Wildman–Crippen MR) is 126 cm³/mol. The summed E-state index contributed by atoms with van der Waals surface area (Å²) in [5.41, 5.74) is 3.73. The Bertz CT molecular complexity index is 922. The summed E-state index contributed by atoms with van der Waals surface area (Å²) in [6.45, 7) is 10.0. The van der Waals surface area contributed by atoms with Crippen LogP contribution in [0.2, 0.25) is 0 Å². The molecule has 1 aliphatic heterocycles. The number of aliphatic hydroxyl groups is 1. The molecule has 2 aliphatic rings. The molecule has 0 bridgehead atoms. The van der Waals surface area contributed by atoms with E-state index in [0.717, 1.165) is 67.3 Å². The molecule has 166 valence electrons. The lowest BCUT2D eigenvalue weighted by atomic mass is 10.2. The van der Waals surface area contributed by atoms with Gasteiger partial charge in [0.15, 0.2) is 0 Å². The van der Waals surface area contributed by atoms with Gasteiger partial charge in [0.05, 0.1) is 18.5 Å². The topological polar surface area (TPSA) is 101 Å². The second kappa shape index (κ2) is 9.53. The van der Waals surface area contributed by atoms with E-state index in [1.54, 1.807) is 0 Å². The van der Waals surface area contributed by atoms with Crippen molar-refractivity contribution < 1.29 is 5.11 Å². The Morgan fingerprint density at radius 2 is 2.03 bits per heavy atom. The molecule has 8 heteroatoms. The van der Waals surface area contributed by atoms with Gasteiger partial charge in [0.25, 0.3) is 0 Å². The van der Waals surface area contributed by atoms with Crippen LogP contribution in [0.3, 0.4) is 0 Å². The van der Waals surface area contributed by atoms with Crippen molar-refractivity contribution in [2.75, 3.05) is 41.7 Å². The van der Waals surface area contributed by atoms with E-state index in [0.29, 0.717) is 17.7 Å². The van der Waals surface area contributed by atoms with Gasteiger partial charge in [-0.1, -0.05) is 19.4 Å². The smallest absolute Gasteiger partial charge is 0.131 e. The van der Waals surface area contributed by atoms with Crippen LogP contribution in [-0.4, -0.2) is 47.1 Å². The van der Waals surface area contributed by atoms with Crippen LogP contribution in [0, 0.1) is 12.3 Å². The molecule has 0 atom stereocenters. The fraction of sp³-hybridized carbons (Fsp3) is 0.478. The number of hydrogen-bond acceptors (Lipinski definition) is 7. The van der Waals surface area contributed by atoms with Gasteiger partial charge in [0.2, 0.25) is 0 Å². The molecule has 2 fully saturated rings. The summed E-state index contributed by atoms with van der Waals surface area (Å²) in [5, 5.41) is 27.9. The van der Waals surface area contributed by atoms with E-state index < -0.39 is 0 Å². The molecule has 2 aromatic heterocycles. The van der Waals surface area contributed by atoms with E-state index in [-0.39, 0.29) is 6.61 Å². The molecule has 2 aromatic rings. The summed E-state index contributed by atoms with van der Waals surface area (Å²) in [6, 6.07) is 4.37. The first-order chi connectivity index (χ1) is 15.1. The minimum Gasteiger partial charge on any atom is -0.390 e. The van der Waals surface area contributed by atoms with E-state index in [9.17, 15) is 5.11 Å². The molecule has 0 unspecified atom stereocenters. The summed E-state index contributed by atoms with van der Waals surface area (Å²) in [6.07, 6.45) is 7.79. The highest BCUT2D eigenvalue weighted by Gasteiger charge is 2.26. The van der Waals surface area contributed by atoms with Crippen molar-refractivity contribution in [3.63, 3.8) is 0 Å². The van der Waals surface area contributed by atoms with Crippen LogP contribution in [-0.2, 0) is 6.61 Å². The van der Waals surface area contributed by atoms with Crippen LogP contribution in [0.15, 0.2) is 30.7 Å². The summed E-state index contributed by atoms with van der Waals surface area (Å²) in [7, 11) is 0. The first-order valence-corrected chi connectivity index (χ1v) is 11.1. The van der Waals surface area contributed by atoms with Gasteiger partial charge in [-0.15, -0.1) is 0 Å². The second-order valence-electron chi connectivity index (χ2n) is 8.31. The van der Waals surface area contributed by atoms with Crippen LogP contribution in [0.4, 0.5) is 17.3 Å². The average Bonchev–Trinajstić information content (AvgIpc) is 3.40. The highest BCUT2D eigenvalue weighted by Crippen LogP contribution is 2.38.